The van der Waals surface area contributed by atoms with Gasteiger partial charge in [-0.3, -0.25) is 9.69 Å². The van der Waals surface area contributed by atoms with Crippen LogP contribution in [0.4, 0.5) is 0 Å². The summed E-state index contributed by atoms with van der Waals surface area (Å²) < 4.78 is 5.69. The third-order valence-electron chi connectivity index (χ3n) is 5.58. The number of carbonyl (C=O) groups excluding carboxylic acids is 1. The van der Waals surface area contributed by atoms with Gasteiger partial charge in [0.1, 0.15) is 10.8 Å². The summed E-state index contributed by atoms with van der Waals surface area (Å²) >= 11 is 7.65. The molecule has 2 aromatic carbocycles. The van der Waals surface area contributed by atoms with Crippen molar-refractivity contribution in [2.24, 2.45) is 0 Å². The number of halogens is 1. The van der Waals surface area contributed by atoms with Crippen molar-refractivity contribution < 1.29 is 9.53 Å². The number of aromatic nitrogens is 1. The van der Waals surface area contributed by atoms with Crippen molar-refractivity contribution in [3.05, 3.63) is 69.5 Å². The van der Waals surface area contributed by atoms with E-state index >= 15 is 0 Å². The van der Waals surface area contributed by atoms with Gasteiger partial charge in [0.2, 0.25) is 0 Å². The second-order valence-corrected chi connectivity index (χ2v) is 9.31. The molecule has 1 amide bonds. The molecule has 0 N–H and O–H groups in total. The quantitative estimate of drug-likeness (QED) is 0.403. The van der Waals surface area contributed by atoms with Crippen LogP contribution in [0.5, 0.6) is 5.75 Å². The summed E-state index contributed by atoms with van der Waals surface area (Å²) in [7, 11) is 0. The van der Waals surface area contributed by atoms with Gasteiger partial charge in [-0.15, -0.1) is 11.3 Å². The number of unbranched alkanes of at least 4 members (excludes halogenated alkanes) is 1. The molecule has 0 unspecified atom stereocenters. The summed E-state index contributed by atoms with van der Waals surface area (Å²) in [5.41, 5.74) is 2.78. The topological polar surface area (TPSA) is 45.7 Å². The van der Waals surface area contributed by atoms with Gasteiger partial charge in [0.05, 0.1) is 18.8 Å². The van der Waals surface area contributed by atoms with Gasteiger partial charge in [0, 0.05) is 47.7 Å². The summed E-state index contributed by atoms with van der Waals surface area (Å²) in [5.74, 6) is 0.908. The maximum Gasteiger partial charge on any atom is 0.253 e. The largest absolute Gasteiger partial charge is 0.494 e. The van der Waals surface area contributed by atoms with Crippen LogP contribution in [0.25, 0.3) is 11.3 Å². The first-order chi connectivity index (χ1) is 15.6. The number of ether oxygens (including phenoxy) is 1. The van der Waals surface area contributed by atoms with Crippen LogP contribution in [-0.4, -0.2) is 53.5 Å². The molecule has 1 aromatic heterocycles. The van der Waals surface area contributed by atoms with Crippen LogP contribution in [-0.2, 0) is 6.54 Å². The number of amides is 1. The van der Waals surface area contributed by atoms with E-state index in [0.717, 1.165) is 72.6 Å². The van der Waals surface area contributed by atoms with E-state index < -0.39 is 0 Å². The summed E-state index contributed by atoms with van der Waals surface area (Å²) in [6, 6.07) is 15.3. The number of piperazine rings is 1. The predicted octanol–water partition coefficient (Wildman–Crippen LogP) is 5.60. The maximum atomic E-state index is 12.9. The Bertz CT molecular complexity index is 1010. The molecule has 0 aliphatic carbocycles. The molecule has 5 nitrogen and oxygen atoms in total. The summed E-state index contributed by atoms with van der Waals surface area (Å²) in [6.45, 7) is 6.81. The van der Waals surface area contributed by atoms with Crippen LogP contribution >= 0.6 is 22.9 Å². The SMILES string of the molecule is CCCCOc1ccc(C(=O)N2CCN(Cc3nc(-c4ccc(Cl)cc4)cs3)CC2)cc1. The monoisotopic (exact) mass is 469 g/mol. The highest BCUT2D eigenvalue weighted by atomic mass is 35.5. The minimum atomic E-state index is 0.0871. The number of thiazole rings is 1. The van der Waals surface area contributed by atoms with Gasteiger partial charge in [0.25, 0.3) is 5.91 Å². The van der Waals surface area contributed by atoms with Crippen LogP contribution < -0.4 is 4.74 Å². The molecule has 1 saturated heterocycles. The second kappa shape index (κ2) is 10.9. The van der Waals surface area contributed by atoms with Gasteiger partial charge in [-0.1, -0.05) is 37.1 Å². The van der Waals surface area contributed by atoms with Crippen LogP contribution in [0, 0.1) is 0 Å². The molecule has 32 heavy (non-hydrogen) atoms. The molecule has 1 aliphatic rings. The molecule has 168 valence electrons. The average Bonchev–Trinajstić information content (AvgIpc) is 3.29. The number of hydrogen-bond donors (Lipinski definition) is 0. The lowest BCUT2D eigenvalue weighted by Gasteiger charge is -2.34. The number of nitrogens with zero attached hydrogens (tertiary/aromatic N) is 3. The molecular formula is C25H28ClN3O2S. The maximum absolute atomic E-state index is 12.9. The zero-order valence-electron chi connectivity index (χ0n) is 18.3. The van der Waals surface area contributed by atoms with Crippen LogP contribution in [0.2, 0.25) is 5.02 Å². The lowest BCUT2D eigenvalue weighted by atomic mass is 10.1. The Morgan fingerprint density at radius 1 is 1.06 bits per heavy atom. The summed E-state index contributed by atoms with van der Waals surface area (Å²) in [4.78, 5) is 21.9. The fraction of sp³-hybridized carbons (Fsp3) is 0.360. The predicted molar refractivity (Wildman–Crippen MR) is 131 cm³/mol. The Morgan fingerprint density at radius 3 is 2.47 bits per heavy atom. The fourth-order valence-electron chi connectivity index (χ4n) is 3.65. The number of carbonyl (C=O) groups is 1. The molecule has 2 heterocycles. The van der Waals surface area contributed by atoms with E-state index in [-0.39, 0.29) is 5.91 Å². The Morgan fingerprint density at radius 2 is 1.78 bits per heavy atom. The van der Waals surface area contributed by atoms with Gasteiger partial charge in [-0.2, -0.15) is 0 Å². The van der Waals surface area contributed by atoms with Crippen LogP contribution in [0.1, 0.15) is 35.1 Å². The van der Waals surface area contributed by atoms with Crippen molar-refractivity contribution in [3.8, 4) is 17.0 Å². The van der Waals surface area contributed by atoms with Crippen molar-refractivity contribution in [1.29, 1.82) is 0 Å². The first-order valence-corrected chi connectivity index (χ1v) is 12.3. The van der Waals surface area contributed by atoms with Gasteiger partial charge < -0.3 is 9.64 Å². The van der Waals surface area contributed by atoms with Gasteiger partial charge in [-0.25, -0.2) is 4.98 Å². The molecule has 4 rings (SSSR count). The van der Waals surface area contributed by atoms with Crippen molar-refractivity contribution in [3.63, 3.8) is 0 Å². The molecule has 3 aromatic rings. The minimum absolute atomic E-state index is 0.0871. The van der Waals surface area contributed by atoms with Crippen LogP contribution in [0.15, 0.2) is 53.9 Å². The van der Waals surface area contributed by atoms with E-state index in [9.17, 15) is 4.79 Å². The summed E-state index contributed by atoms with van der Waals surface area (Å²) in [6.07, 6.45) is 2.14. The second-order valence-electron chi connectivity index (χ2n) is 7.93. The third kappa shape index (κ3) is 5.88. The molecule has 0 spiro atoms. The molecular weight excluding hydrogens is 442 g/mol. The molecule has 1 fully saturated rings. The Labute approximate surface area is 198 Å². The van der Waals surface area contributed by atoms with Crippen molar-refractivity contribution in [2.45, 2.75) is 26.3 Å². The normalized spacial score (nSPS) is 14.5. The fourth-order valence-corrected chi connectivity index (χ4v) is 4.62. The highest BCUT2D eigenvalue weighted by Crippen LogP contribution is 2.24. The smallest absolute Gasteiger partial charge is 0.253 e. The Hall–Kier alpha value is -2.41. The molecule has 0 radical (unpaired) electrons. The molecule has 7 heteroatoms. The molecule has 1 aliphatic heterocycles. The van der Waals surface area contributed by atoms with Crippen molar-refractivity contribution in [1.82, 2.24) is 14.8 Å². The van der Waals surface area contributed by atoms with Gasteiger partial charge in [0.15, 0.2) is 0 Å². The van der Waals surface area contributed by atoms with E-state index in [1.807, 2.05) is 53.4 Å². The molecule has 0 bridgehead atoms. The van der Waals surface area contributed by atoms with E-state index in [2.05, 4.69) is 17.2 Å². The highest BCUT2D eigenvalue weighted by Gasteiger charge is 2.23. The van der Waals surface area contributed by atoms with Crippen LogP contribution in [0.3, 0.4) is 0 Å². The minimum Gasteiger partial charge on any atom is -0.494 e. The first kappa shape index (κ1) is 22.8. The van der Waals surface area contributed by atoms with Gasteiger partial charge >= 0.3 is 0 Å². The van der Waals surface area contributed by atoms with E-state index in [4.69, 9.17) is 21.3 Å². The van der Waals surface area contributed by atoms with Crippen molar-refractivity contribution in [2.75, 3.05) is 32.8 Å². The van der Waals surface area contributed by atoms with E-state index in [1.54, 1.807) is 11.3 Å². The zero-order valence-corrected chi connectivity index (χ0v) is 19.9. The lowest BCUT2D eigenvalue weighted by Crippen LogP contribution is -2.48. The third-order valence-corrected chi connectivity index (χ3v) is 6.66. The zero-order chi connectivity index (χ0) is 22.3. The van der Waals surface area contributed by atoms with Gasteiger partial charge in [-0.05, 0) is 42.8 Å². The lowest BCUT2D eigenvalue weighted by molar-refractivity contribution is 0.0628. The highest BCUT2D eigenvalue weighted by molar-refractivity contribution is 7.09. The summed E-state index contributed by atoms with van der Waals surface area (Å²) in [5, 5.41) is 3.91. The number of benzene rings is 2. The number of hydrogen-bond acceptors (Lipinski definition) is 5. The van der Waals surface area contributed by atoms with Crippen molar-refractivity contribution >= 4 is 28.8 Å². The standard InChI is InChI=1S/C25H28ClN3O2S/c1-2-3-16-31-22-10-6-20(7-11-22)25(30)29-14-12-28(13-15-29)17-24-27-23(18-32-24)19-4-8-21(26)9-5-19/h4-11,18H,2-3,12-17H2,1H3. The Balaban J connectivity index is 1.27. The first-order valence-electron chi connectivity index (χ1n) is 11.1. The molecule has 0 saturated carbocycles. The Kier molecular flexibility index (Phi) is 7.79. The number of rotatable bonds is 8. The van der Waals surface area contributed by atoms with E-state index in [1.165, 1.54) is 0 Å². The molecule has 0 atom stereocenters. The van der Waals surface area contributed by atoms with E-state index in [0.29, 0.717) is 12.2 Å². The average molecular weight is 470 g/mol.